The number of nitrogens with one attached hydrogen (secondary N) is 1. The van der Waals surface area contributed by atoms with Crippen LogP contribution in [0.25, 0.3) is 10.8 Å². The highest BCUT2D eigenvalue weighted by Gasteiger charge is 2.14. The minimum absolute atomic E-state index is 0.328. The van der Waals surface area contributed by atoms with E-state index in [-0.39, 0.29) is 0 Å². The first-order valence-electron chi connectivity index (χ1n) is 11.2. The molecule has 0 spiro atoms. The molecule has 1 unspecified atom stereocenters. The van der Waals surface area contributed by atoms with Gasteiger partial charge in [0.2, 0.25) is 0 Å². The summed E-state index contributed by atoms with van der Waals surface area (Å²) in [5.74, 6) is 0.956. The van der Waals surface area contributed by atoms with Crippen molar-refractivity contribution in [3.05, 3.63) is 113 Å². The summed E-state index contributed by atoms with van der Waals surface area (Å²) in [6.45, 7) is 5.72. The van der Waals surface area contributed by atoms with Gasteiger partial charge in [0.25, 0.3) is 0 Å². The van der Waals surface area contributed by atoms with E-state index in [0.717, 1.165) is 25.1 Å². The summed E-state index contributed by atoms with van der Waals surface area (Å²) in [4.78, 5) is 0. The highest BCUT2D eigenvalue weighted by molar-refractivity contribution is 5.87. The maximum Gasteiger partial charge on any atom is 0.124 e. The molecule has 0 aliphatic carbocycles. The van der Waals surface area contributed by atoms with Gasteiger partial charge in [-0.15, -0.1) is 0 Å². The number of benzene rings is 4. The summed E-state index contributed by atoms with van der Waals surface area (Å²) in [6, 6.07) is 32.3. The van der Waals surface area contributed by atoms with E-state index in [0.29, 0.717) is 12.6 Å². The molecule has 31 heavy (non-hydrogen) atoms. The van der Waals surface area contributed by atoms with Crippen LogP contribution in [0.2, 0.25) is 0 Å². The number of hydrogen-bond donors (Lipinski definition) is 1. The summed E-state index contributed by atoms with van der Waals surface area (Å²) in [6.07, 6.45) is 2.24. The molecule has 1 atom stereocenters. The topological polar surface area (TPSA) is 21.3 Å². The van der Waals surface area contributed by atoms with Gasteiger partial charge >= 0.3 is 0 Å². The predicted molar refractivity (Wildman–Crippen MR) is 130 cm³/mol. The van der Waals surface area contributed by atoms with Crippen LogP contribution in [-0.2, 0) is 13.2 Å². The Morgan fingerprint density at radius 2 is 1.55 bits per heavy atom. The lowest BCUT2D eigenvalue weighted by Gasteiger charge is -2.21. The van der Waals surface area contributed by atoms with E-state index in [2.05, 4.69) is 110 Å². The molecule has 4 aromatic rings. The third kappa shape index (κ3) is 5.15. The Labute approximate surface area is 185 Å². The molecule has 0 fully saturated rings. The molecule has 0 saturated carbocycles. The molecule has 1 N–H and O–H groups in total. The van der Waals surface area contributed by atoms with Crippen molar-refractivity contribution in [2.24, 2.45) is 0 Å². The fourth-order valence-corrected chi connectivity index (χ4v) is 4.15. The number of ether oxygens (including phenoxy) is 1. The third-order valence-electron chi connectivity index (χ3n) is 5.95. The highest BCUT2D eigenvalue weighted by atomic mass is 16.5. The summed E-state index contributed by atoms with van der Waals surface area (Å²) in [7, 11) is 0. The summed E-state index contributed by atoms with van der Waals surface area (Å²) >= 11 is 0. The van der Waals surface area contributed by atoms with Crippen LogP contribution in [0.15, 0.2) is 91.0 Å². The SMILES string of the molecule is CCCC(NCc1c(OCc2ccccc2C)ccc2ccccc12)c1ccccc1. The number of fused-ring (bicyclic) bond motifs is 1. The Balaban J connectivity index is 1.61. The Kier molecular flexibility index (Phi) is 7.01. The Morgan fingerprint density at radius 3 is 2.35 bits per heavy atom. The van der Waals surface area contributed by atoms with Crippen LogP contribution in [0.5, 0.6) is 5.75 Å². The zero-order valence-electron chi connectivity index (χ0n) is 18.5. The lowest BCUT2D eigenvalue weighted by molar-refractivity contribution is 0.301. The van der Waals surface area contributed by atoms with E-state index < -0.39 is 0 Å². The molecular weight excluding hydrogens is 378 g/mol. The van der Waals surface area contributed by atoms with Crippen molar-refractivity contribution >= 4 is 10.8 Å². The fourth-order valence-electron chi connectivity index (χ4n) is 4.15. The summed E-state index contributed by atoms with van der Waals surface area (Å²) < 4.78 is 6.37. The predicted octanol–water partition coefficient (Wildman–Crippen LogP) is 7.36. The molecule has 0 aliphatic rings. The highest BCUT2D eigenvalue weighted by Crippen LogP contribution is 2.30. The van der Waals surface area contributed by atoms with Crippen LogP contribution in [0.4, 0.5) is 0 Å². The fraction of sp³-hybridized carbons (Fsp3) is 0.241. The van der Waals surface area contributed by atoms with Gasteiger partial charge in [0.1, 0.15) is 12.4 Å². The van der Waals surface area contributed by atoms with E-state index in [9.17, 15) is 0 Å². The van der Waals surface area contributed by atoms with Gasteiger partial charge in [-0.2, -0.15) is 0 Å². The van der Waals surface area contributed by atoms with Crippen molar-refractivity contribution in [2.75, 3.05) is 0 Å². The molecule has 0 bridgehead atoms. The van der Waals surface area contributed by atoms with Gasteiger partial charge < -0.3 is 10.1 Å². The molecule has 0 aromatic heterocycles. The number of rotatable bonds is 9. The first kappa shape index (κ1) is 21.1. The number of aryl methyl sites for hydroxylation is 1. The molecule has 2 heteroatoms. The molecule has 4 rings (SSSR count). The van der Waals surface area contributed by atoms with Crippen molar-refractivity contribution in [1.82, 2.24) is 5.32 Å². The van der Waals surface area contributed by atoms with Crippen LogP contribution in [0.3, 0.4) is 0 Å². The van der Waals surface area contributed by atoms with Gasteiger partial charge in [-0.3, -0.25) is 0 Å². The molecule has 0 saturated heterocycles. The van der Waals surface area contributed by atoms with Crippen LogP contribution < -0.4 is 10.1 Å². The lowest BCUT2D eigenvalue weighted by Crippen LogP contribution is -2.21. The zero-order valence-corrected chi connectivity index (χ0v) is 18.5. The smallest absolute Gasteiger partial charge is 0.124 e. The molecule has 4 aromatic carbocycles. The summed E-state index contributed by atoms with van der Waals surface area (Å²) in [5.41, 5.74) is 5.05. The second-order valence-electron chi connectivity index (χ2n) is 8.11. The third-order valence-corrected chi connectivity index (χ3v) is 5.95. The van der Waals surface area contributed by atoms with E-state index >= 15 is 0 Å². The minimum atomic E-state index is 0.328. The molecule has 158 valence electrons. The maximum atomic E-state index is 6.37. The molecule has 2 nitrogen and oxygen atoms in total. The monoisotopic (exact) mass is 409 g/mol. The minimum Gasteiger partial charge on any atom is -0.489 e. The average molecular weight is 410 g/mol. The Hall–Kier alpha value is -3.10. The molecular formula is C29H31NO. The lowest BCUT2D eigenvalue weighted by atomic mass is 10.00. The Morgan fingerprint density at radius 1 is 0.806 bits per heavy atom. The summed E-state index contributed by atoms with van der Waals surface area (Å²) in [5, 5.41) is 6.31. The van der Waals surface area contributed by atoms with Gasteiger partial charge in [0, 0.05) is 18.2 Å². The van der Waals surface area contributed by atoms with E-state index in [1.807, 2.05) is 0 Å². The van der Waals surface area contributed by atoms with Crippen LogP contribution >= 0.6 is 0 Å². The van der Waals surface area contributed by atoms with E-state index in [1.165, 1.54) is 33.0 Å². The van der Waals surface area contributed by atoms with Crippen molar-refractivity contribution in [2.45, 2.75) is 45.9 Å². The van der Waals surface area contributed by atoms with Crippen molar-refractivity contribution in [1.29, 1.82) is 0 Å². The van der Waals surface area contributed by atoms with Gasteiger partial charge in [-0.1, -0.05) is 98.3 Å². The second kappa shape index (κ2) is 10.3. The normalized spacial score (nSPS) is 12.1. The maximum absolute atomic E-state index is 6.37. The zero-order chi connectivity index (χ0) is 21.5. The molecule has 0 radical (unpaired) electrons. The first-order valence-corrected chi connectivity index (χ1v) is 11.2. The largest absolute Gasteiger partial charge is 0.489 e. The van der Waals surface area contributed by atoms with Gasteiger partial charge in [0.15, 0.2) is 0 Å². The van der Waals surface area contributed by atoms with Crippen LogP contribution in [0.1, 0.15) is 48.1 Å². The number of hydrogen-bond acceptors (Lipinski definition) is 2. The van der Waals surface area contributed by atoms with E-state index in [1.54, 1.807) is 0 Å². The molecule has 0 amide bonds. The van der Waals surface area contributed by atoms with E-state index in [4.69, 9.17) is 4.74 Å². The Bertz CT molecular complexity index is 1120. The van der Waals surface area contributed by atoms with Gasteiger partial charge in [-0.05, 0) is 46.9 Å². The van der Waals surface area contributed by atoms with Gasteiger partial charge in [-0.25, -0.2) is 0 Å². The first-order chi connectivity index (χ1) is 15.3. The van der Waals surface area contributed by atoms with Crippen LogP contribution in [-0.4, -0.2) is 0 Å². The standard InChI is InChI=1S/C29H31NO/c1-3-11-28(24-14-5-4-6-15-24)30-20-27-26-17-10-9-13-23(26)18-19-29(27)31-21-25-16-8-7-12-22(25)2/h4-10,12-19,28,30H,3,11,20-21H2,1-2H3. The average Bonchev–Trinajstić information content (AvgIpc) is 2.82. The second-order valence-corrected chi connectivity index (χ2v) is 8.11. The van der Waals surface area contributed by atoms with Crippen molar-refractivity contribution < 1.29 is 4.74 Å². The molecule has 0 heterocycles. The molecule has 0 aliphatic heterocycles. The van der Waals surface area contributed by atoms with Gasteiger partial charge in [0.05, 0.1) is 0 Å². The van der Waals surface area contributed by atoms with Crippen LogP contribution in [0, 0.1) is 6.92 Å². The van der Waals surface area contributed by atoms with Crippen molar-refractivity contribution in [3.63, 3.8) is 0 Å². The van der Waals surface area contributed by atoms with Crippen molar-refractivity contribution in [3.8, 4) is 5.75 Å². The quantitative estimate of drug-likeness (QED) is 0.312.